The number of aliphatic hydroxyl groups is 1. The third kappa shape index (κ3) is 6.23. The summed E-state index contributed by atoms with van der Waals surface area (Å²) in [6.07, 6.45) is 6.47. The second kappa shape index (κ2) is 14.0. The first-order valence-corrected chi connectivity index (χ1v) is 16.4. The largest absolute Gasteiger partial charge is 0.455 e. The van der Waals surface area contributed by atoms with Crippen LogP contribution in [0.25, 0.3) is 0 Å². The Morgan fingerprint density at radius 1 is 1.00 bits per heavy atom. The fourth-order valence-electron chi connectivity index (χ4n) is 7.52. The number of rotatable bonds is 7. The summed E-state index contributed by atoms with van der Waals surface area (Å²) in [6, 6.07) is 7.66. The normalized spacial score (nSPS) is 34.5. The summed E-state index contributed by atoms with van der Waals surface area (Å²) in [5.74, 6) is -3.45. The van der Waals surface area contributed by atoms with Crippen LogP contribution in [0.5, 0.6) is 0 Å². The van der Waals surface area contributed by atoms with Crippen molar-refractivity contribution in [1.29, 1.82) is 0 Å². The number of carbonyl (C=O) groups excluding carboxylic acids is 4. The van der Waals surface area contributed by atoms with Crippen molar-refractivity contribution in [2.75, 3.05) is 59.1 Å². The van der Waals surface area contributed by atoms with Gasteiger partial charge in [0.1, 0.15) is 23.7 Å². The molecule has 12 nitrogen and oxygen atoms in total. The number of benzene rings is 1. The number of carbonyl (C=O) groups is 4. The molecule has 1 aromatic carbocycles. The first-order chi connectivity index (χ1) is 22.3. The molecule has 46 heavy (non-hydrogen) atoms. The molecule has 0 bridgehead atoms. The molecule has 5 aliphatic heterocycles. The molecule has 3 saturated heterocycles. The molecule has 0 saturated carbocycles. The Kier molecular flexibility index (Phi) is 9.88. The van der Waals surface area contributed by atoms with Crippen LogP contribution in [-0.2, 0) is 33.4 Å². The van der Waals surface area contributed by atoms with Crippen LogP contribution in [0.3, 0.4) is 0 Å². The van der Waals surface area contributed by atoms with Crippen molar-refractivity contribution < 1.29 is 38.5 Å². The molecule has 6 rings (SSSR count). The molecule has 5 aliphatic rings. The molecule has 0 aromatic heterocycles. The van der Waals surface area contributed by atoms with E-state index in [4.69, 9.17) is 14.2 Å². The number of allylic oxidation sites excluding steroid dienone is 1. The van der Waals surface area contributed by atoms with Crippen molar-refractivity contribution in [2.45, 2.75) is 56.1 Å². The topological polar surface area (TPSA) is 138 Å². The Morgan fingerprint density at radius 2 is 1.78 bits per heavy atom. The van der Waals surface area contributed by atoms with Crippen molar-refractivity contribution in [1.82, 2.24) is 20.0 Å². The monoisotopic (exact) mass is 636 g/mol. The lowest BCUT2D eigenvalue weighted by Crippen LogP contribution is -2.56. The molecule has 0 aliphatic carbocycles. The van der Waals surface area contributed by atoms with Gasteiger partial charge in [-0.05, 0) is 25.3 Å². The van der Waals surface area contributed by atoms with Gasteiger partial charge < -0.3 is 34.4 Å². The summed E-state index contributed by atoms with van der Waals surface area (Å²) in [4.78, 5) is 61.4. The predicted molar refractivity (Wildman–Crippen MR) is 166 cm³/mol. The molecule has 1 spiro atoms. The smallest absolute Gasteiger partial charge is 0.313 e. The van der Waals surface area contributed by atoms with Crippen LogP contribution in [0.1, 0.15) is 37.9 Å². The Bertz CT molecular complexity index is 1350. The Hall–Kier alpha value is -3.58. The molecule has 5 heterocycles. The number of hydrogen-bond acceptors (Lipinski definition) is 9. The minimum absolute atomic E-state index is 0.149. The third-order valence-electron chi connectivity index (χ3n) is 9.77. The van der Waals surface area contributed by atoms with E-state index in [-0.39, 0.29) is 43.7 Å². The number of morpholine rings is 1. The molecule has 12 heteroatoms. The van der Waals surface area contributed by atoms with E-state index in [1.807, 2.05) is 36.4 Å². The summed E-state index contributed by atoms with van der Waals surface area (Å²) in [5.41, 5.74) is -0.694. The number of ether oxygens (including phenoxy) is 3. The molecule has 2 N–H and O–H groups in total. The third-order valence-corrected chi connectivity index (χ3v) is 9.77. The number of likely N-dealkylation sites (tertiary alicyclic amines) is 1. The zero-order valence-electron chi connectivity index (χ0n) is 26.3. The molecule has 7 atom stereocenters. The van der Waals surface area contributed by atoms with Crippen LogP contribution in [0, 0.1) is 11.8 Å². The molecule has 0 radical (unpaired) electrons. The lowest BCUT2D eigenvalue weighted by Gasteiger charge is -2.36. The Morgan fingerprint density at radius 3 is 2.54 bits per heavy atom. The van der Waals surface area contributed by atoms with Crippen molar-refractivity contribution in [2.24, 2.45) is 11.8 Å². The minimum Gasteiger partial charge on any atom is -0.455 e. The van der Waals surface area contributed by atoms with E-state index in [1.54, 1.807) is 30.1 Å². The van der Waals surface area contributed by atoms with Gasteiger partial charge in [-0.3, -0.25) is 24.1 Å². The van der Waals surface area contributed by atoms with E-state index in [9.17, 15) is 24.3 Å². The van der Waals surface area contributed by atoms with Gasteiger partial charge in [0.05, 0.1) is 31.3 Å². The zero-order chi connectivity index (χ0) is 32.3. The average molecular weight is 637 g/mol. The number of fused-ring (bicyclic) bond motifs is 2. The molecule has 3 fully saturated rings. The lowest BCUT2D eigenvalue weighted by atomic mass is 9.77. The number of esters is 1. The van der Waals surface area contributed by atoms with Crippen LogP contribution in [-0.4, -0.2) is 126 Å². The summed E-state index contributed by atoms with van der Waals surface area (Å²) >= 11 is 0. The quantitative estimate of drug-likeness (QED) is 0.329. The van der Waals surface area contributed by atoms with Crippen LogP contribution in [0.2, 0.25) is 0 Å². The Balaban J connectivity index is 1.35. The number of aliphatic hydroxyl groups excluding tert-OH is 1. The fourth-order valence-corrected chi connectivity index (χ4v) is 7.52. The second-order valence-electron chi connectivity index (χ2n) is 12.7. The van der Waals surface area contributed by atoms with Gasteiger partial charge >= 0.3 is 5.97 Å². The van der Waals surface area contributed by atoms with Crippen molar-refractivity contribution in [3.8, 4) is 0 Å². The van der Waals surface area contributed by atoms with E-state index in [0.29, 0.717) is 44.8 Å². The average Bonchev–Trinajstić information content (AvgIpc) is 3.45. The molecule has 3 amide bonds. The van der Waals surface area contributed by atoms with Gasteiger partial charge in [-0.1, -0.05) is 54.6 Å². The highest BCUT2D eigenvalue weighted by Crippen LogP contribution is 2.53. The summed E-state index contributed by atoms with van der Waals surface area (Å²) in [6.45, 7) is 6.15. The maximum Gasteiger partial charge on any atom is 0.313 e. The fraction of sp³-hybridized carbons (Fsp3) is 0.588. The molecule has 248 valence electrons. The van der Waals surface area contributed by atoms with Crippen LogP contribution in [0.15, 0.2) is 54.6 Å². The first kappa shape index (κ1) is 32.4. The highest BCUT2D eigenvalue weighted by Gasteiger charge is 2.71. The maximum absolute atomic E-state index is 14.4. The lowest BCUT2D eigenvalue weighted by molar-refractivity contribution is -0.161. The second-order valence-corrected chi connectivity index (χ2v) is 12.7. The Labute approximate surface area is 269 Å². The number of nitrogens with zero attached hydrogens (tertiary/aromatic N) is 3. The first-order valence-electron chi connectivity index (χ1n) is 16.4. The summed E-state index contributed by atoms with van der Waals surface area (Å²) in [5, 5.41) is 12.6. The summed E-state index contributed by atoms with van der Waals surface area (Å²) < 4.78 is 18.4. The van der Waals surface area contributed by atoms with Gasteiger partial charge in [0, 0.05) is 52.3 Å². The van der Waals surface area contributed by atoms with E-state index in [1.165, 1.54) is 4.90 Å². The molecular weight excluding hydrogens is 592 g/mol. The maximum atomic E-state index is 14.4. The predicted octanol–water partition coefficient (Wildman–Crippen LogP) is 0.819. The van der Waals surface area contributed by atoms with Crippen molar-refractivity contribution in [3.05, 3.63) is 60.2 Å². The molecular formula is C34H44N4O8. The van der Waals surface area contributed by atoms with Crippen LogP contribution >= 0.6 is 0 Å². The number of hydrogen-bond donors (Lipinski definition) is 2. The van der Waals surface area contributed by atoms with Crippen molar-refractivity contribution >= 4 is 23.7 Å². The van der Waals surface area contributed by atoms with E-state index in [2.05, 4.69) is 10.2 Å². The van der Waals surface area contributed by atoms with Crippen LogP contribution < -0.4 is 5.32 Å². The molecule has 1 aromatic rings. The van der Waals surface area contributed by atoms with E-state index in [0.717, 1.165) is 13.1 Å². The summed E-state index contributed by atoms with van der Waals surface area (Å²) in [7, 11) is 0. The standard InChI is InChI=1S/C34H44N4O8/c1-23-29(24-9-3-2-4-10-24)45-33(43)27-25(11-5-6-12-26(40)35-23)46-34-13-7-14-37(17-16-36-18-21-44-22-19-36)32(42)30(34)38(15-8-20-39)31(41)28(27)34/h2-5,7,9-11,13,23,25,27-30,39H,6,8,12,14-22H2,1H3,(H,35,40)/b11-5-/t23-,25-,27+,28+,29+,30-,34+/m0/s1. The van der Waals surface area contributed by atoms with Crippen molar-refractivity contribution in [3.63, 3.8) is 0 Å². The highest BCUT2D eigenvalue weighted by atomic mass is 16.6. The van der Waals surface area contributed by atoms with Gasteiger partial charge in [-0.25, -0.2) is 0 Å². The number of nitrogens with one attached hydrogen (secondary N) is 1. The number of cyclic esters (lactones) is 1. The van der Waals surface area contributed by atoms with Gasteiger partial charge in [0.15, 0.2) is 0 Å². The van der Waals surface area contributed by atoms with E-state index < -0.39 is 47.7 Å². The van der Waals surface area contributed by atoms with E-state index >= 15 is 0 Å². The zero-order valence-corrected chi connectivity index (χ0v) is 26.3. The number of amides is 3. The van der Waals surface area contributed by atoms with Gasteiger partial charge in [-0.2, -0.15) is 0 Å². The van der Waals surface area contributed by atoms with Gasteiger partial charge in [0.2, 0.25) is 17.7 Å². The SMILES string of the molecule is C[C@@H]1NC(=O)CC/C=C\[C@@H]2O[C@@]34C=CCN(CCN5CCOCC5)C(=O)[C@@H]3N(CCCO)C(=O)[C@H]4[C@@H]2C(=O)O[C@H]1c1ccccc1. The van der Waals surface area contributed by atoms with Gasteiger partial charge in [-0.15, -0.1) is 0 Å². The minimum atomic E-state index is -1.40. The highest BCUT2D eigenvalue weighted by molar-refractivity contribution is 5.99. The molecule has 0 unspecified atom stereocenters. The van der Waals surface area contributed by atoms with Gasteiger partial charge in [0.25, 0.3) is 0 Å². The van der Waals surface area contributed by atoms with Crippen LogP contribution in [0.4, 0.5) is 0 Å².